The Kier molecular flexibility index (Phi) is 6.10. The lowest BCUT2D eigenvalue weighted by Crippen LogP contribution is -2.40. The third-order valence-electron chi connectivity index (χ3n) is 5.29. The van der Waals surface area contributed by atoms with Crippen LogP contribution in [0.3, 0.4) is 0 Å². The molecule has 1 fully saturated rings. The molecule has 8 heteroatoms. The van der Waals surface area contributed by atoms with Gasteiger partial charge in [0.05, 0.1) is 11.1 Å². The van der Waals surface area contributed by atoms with Crippen molar-refractivity contribution >= 4 is 35.0 Å². The van der Waals surface area contributed by atoms with Gasteiger partial charge in [0, 0.05) is 35.7 Å². The number of fused-ring (bicyclic) bond motifs is 1. The Hall–Kier alpha value is -2.25. The number of hydrogen-bond acceptors (Lipinski definition) is 6. The maximum Gasteiger partial charge on any atom is 0.197 e. The predicted molar refractivity (Wildman–Crippen MR) is 114 cm³/mol. The normalized spacial score (nSPS) is 19.8. The van der Waals surface area contributed by atoms with E-state index in [4.69, 9.17) is 16.0 Å². The first-order valence-electron chi connectivity index (χ1n) is 9.01. The van der Waals surface area contributed by atoms with Crippen LogP contribution in [-0.2, 0) is 0 Å². The fourth-order valence-corrected chi connectivity index (χ4v) is 4.13. The molecule has 2 atom stereocenters. The molecule has 3 N–H and O–H groups in total. The Morgan fingerprint density at radius 3 is 2.59 bits per heavy atom. The Morgan fingerprint density at radius 2 is 1.90 bits per heavy atom. The highest BCUT2D eigenvalue weighted by Gasteiger charge is 2.33. The number of nitrogens with zero attached hydrogens (tertiary/aromatic N) is 1. The van der Waals surface area contributed by atoms with E-state index in [2.05, 4.69) is 0 Å². The van der Waals surface area contributed by atoms with Crippen molar-refractivity contribution in [1.82, 2.24) is 4.90 Å². The van der Waals surface area contributed by atoms with E-state index in [0.29, 0.717) is 29.1 Å². The minimum absolute atomic E-state index is 0. The Labute approximate surface area is 178 Å². The summed E-state index contributed by atoms with van der Waals surface area (Å²) < 4.78 is 6.00. The van der Waals surface area contributed by atoms with Gasteiger partial charge in [-0.15, -0.1) is 12.4 Å². The first-order chi connectivity index (χ1) is 13.4. The van der Waals surface area contributed by atoms with Crippen molar-refractivity contribution in [2.24, 2.45) is 0 Å². The van der Waals surface area contributed by atoms with Gasteiger partial charge in [0.1, 0.15) is 28.2 Å². The van der Waals surface area contributed by atoms with Gasteiger partial charge in [-0.25, -0.2) is 0 Å². The lowest BCUT2D eigenvalue weighted by Gasteiger charge is -2.34. The van der Waals surface area contributed by atoms with E-state index in [9.17, 15) is 20.1 Å². The van der Waals surface area contributed by atoms with E-state index < -0.39 is 17.5 Å². The van der Waals surface area contributed by atoms with Crippen LogP contribution in [0.15, 0.2) is 45.6 Å². The molecule has 3 aromatic rings. The van der Waals surface area contributed by atoms with Gasteiger partial charge in [-0.05, 0) is 32.1 Å². The number of likely N-dealkylation sites (tertiary alicyclic amines) is 1. The summed E-state index contributed by atoms with van der Waals surface area (Å²) in [5, 5.41) is 31.8. The van der Waals surface area contributed by atoms with E-state index in [1.807, 2.05) is 11.9 Å². The molecule has 154 valence electrons. The second-order valence-corrected chi connectivity index (χ2v) is 7.62. The first kappa shape index (κ1) is 21.5. The van der Waals surface area contributed by atoms with Crippen LogP contribution in [-0.4, -0.2) is 46.5 Å². The molecule has 1 aliphatic heterocycles. The first-order valence-corrected chi connectivity index (χ1v) is 9.38. The molecule has 0 unspecified atom stereocenters. The van der Waals surface area contributed by atoms with Crippen LogP contribution in [0.1, 0.15) is 17.9 Å². The van der Waals surface area contributed by atoms with Gasteiger partial charge in [-0.3, -0.25) is 4.79 Å². The minimum Gasteiger partial charge on any atom is -0.507 e. The molecule has 2 aromatic carbocycles. The zero-order valence-corrected chi connectivity index (χ0v) is 17.2. The van der Waals surface area contributed by atoms with E-state index in [1.165, 1.54) is 6.07 Å². The average molecular weight is 438 g/mol. The number of piperidine rings is 1. The molecule has 1 aromatic heterocycles. The molecular formula is C21H21Cl2NO5. The smallest absolute Gasteiger partial charge is 0.197 e. The SMILES string of the molecule is CN1CC[C@@H](c2c(O)cc(O)c3c(=O)cc(-c4ccccc4Cl)oc23)[C@H](O)C1.Cl. The molecule has 29 heavy (non-hydrogen) atoms. The lowest BCUT2D eigenvalue weighted by atomic mass is 9.85. The van der Waals surface area contributed by atoms with Crippen molar-refractivity contribution in [3.8, 4) is 22.8 Å². The van der Waals surface area contributed by atoms with Crippen LogP contribution in [0.2, 0.25) is 5.02 Å². The van der Waals surface area contributed by atoms with Crippen molar-refractivity contribution in [2.45, 2.75) is 18.4 Å². The van der Waals surface area contributed by atoms with Crippen LogP contribution < -0.4 is 5.43 Å². The monoisotopic (exact) mass is 437 g/mol. The average Bonchev–Trinajstić information content (AvgIpc) is 2.63. The van der Waals surface area contributed by atoms with Gasteiger partial charge in [-0.2, -0.15) is 0 Å². The van der Waals surface area contributed by atoms with Crippen molar-refractivity contribution in [3.05, 3.63) is 57.2 Å². The number of aliphatic hydroxyl groups is 1. The Balaban J connectivity index is 0.00000240. The molecule has 1 saturated heterocycles. The summed E-state index contributed by atoms with van der Waals surface area (Å²) in [5.74, 6) is -0.767. The van der Waals surface area contributed by atoms with Crippen molar-refractivity contribution < 1.29 is 19.7 Å². The topological polar surface area (TPSA) is 94.1 Å². The molecule has 0 saturated carbocycles. The number of rotatable bonds is 2. The zero-order chi connectivity index (χ0) is 20.0. The highest BCUT2D eigenvalue weighted by atomic mass is 35.5. The number of hydrogen-bond donors (Lipinski definition) is 3. The van der Waals surface area contributed by atoms with Gasteiger partial charge in [0.15, 0.2) is 5.43 Å². The quantitative estimate of drug-likeness (QED) is 0.565. The summed E-state index contributed by atoms with van der Waals surface area (Å²) in [6.45, 7) is 1.15. The fraction of sp³-hybridized carbons (Fsp3) is 0.286. The zero-order valence-electron chi connectivity index (χ0n) is 15.6. The summed E-state index contributed by atoms with van der Waals surface area (Å²) in [7, 11) is 1.91. The summed E-state index contributed by atoms with van der Waals surface area (Å²) in [6.07, 6.45) is -0.169. The molecule has 0 bridgehead atoms. The van der Waals surface area contributed by atoms with Crippen LogP contribution in [0.4, 0.5) is 0 Å². The van der Waals surface area contributed by atoms with Gasteiger partial charge in [0.2, 0.25) is 0 Å². The maximum atomic E-state index is 12.8. The van der Waals surface area contributed by atoms with Crippen molar-refractivity contribution in [2.75, 3.05) is 20.1 Å². The van der Waals surface area contributed by atoms with Gasteiger partial charge in [-0.1, -0.05) is 23.7 Å². The van der Waals surface area contributed by atoms with E-state index >= 15 is 0 Å². The summed E-state index contributed by atoms with van der Waals surface area (Å²) in [6, 6.07) is 9.35. The number of likely N-dealkylation sites (N-methyl/N-ethyl adjacent to an activating group) is 1. The molecule has 0 radical (unpaired) electrons. The van der Waals surface area contributed by atoms with Crippen LogP contribution >= 0.6 is 24.0 Å². The highest BCUT2D eigenvalue weighted by molar-refractivity contribution is 6.33. The van der Waals surface area contributed by atoms with Crippen molar-refractivity contribution in [1.29, 1.82) is 0 Å². The molecule has 0 aliphatic carbocycles. The largest absolute Gasteiger partial charge is 0.507 e. The number of aromatic hydroxyl groups is 2. The molecule has 6 nitrogen and oxygen atoms in total. The molecule has 4 rings (SSSR count). The van der Waals surface area contributed by atoms with Gasteiger partial charge >= 0.3 is 0 Å². The van der Waals surface area contributed by atoms with Crippen molar-refractivity contribution in [3.63, 3.8) is 0 Å². The number of benzene rings is 2. The number of β-amino-alcohol motifs (C(OH)–C–C–N with tert-alkyl or cyclic N) is 1. The predicted octanol–water partition coefficient (Wildman–Crippen LogP) is 3.73. The number of phenolic OH excluding ortho intramolecular Hbond substituents is 2. The molecule has 0 spiro atoms. The molecule has 0 amide bonds. The number of aliphatic hydroxyl groups excluding tert-OH is 1. The molecule has 1 aliphatic rings. The second-order valence-electron chi connectivity index (χ2n) is 7.21. The van der Waals surface area contributed by atoms with E-state index in [0.717, 1.165) is 12.6 Å². The summed E-state index contributed by atoms with van der Waals surface area (Å²) in [5.41, 5.74) is 0.492. The van der Waals surface area contributed by atoms with Crippen LogP contribution in [0.25, 0.3) is 22.3 Å². The van der Waals surface area contributed by atoms with E-state index in [-0.39, 0.29) is 40.6 Å². The van der Waals surface area contributed by atoms with E-state index in [1.54, 1.807) is 24.3 Å². The Bertz CT molecular complexity index is 1110. The molecular weight excluding hydrogens is 417 g/mol. The van der Waals surface area contributed by atoms with Crippen LogP contribution in [0, 0.1) is 0 Å². The Morgan fingerprint density at radius 1 is 1.17 bits per heavy atom. The van der Waals surface area contributed by atoms with Crippen LogP contribution in [0.5, 0.6) is 11.5 Å². The summed E-state index contributed by atoms with van der Waals surface area (Å²) >= 11 is 6.25. The second kappa shape index (κ2) is 8.24. The highest BCUT2D eigenvalue weighted by Crippen LogP contribution is 2.42. The third-order valence-corrected chi connectivity index (χ3v) is 5.62. The standard InChI is InChI=1S/C21H20ClNO5.ClH/c1-23-7-6-12(17(27)10-23)19-14(24)8-15(25)20-16(26)9-18(28-21(19)20)11-4-2-3-5-13(11)22;/h2-5,8-9,12,17,24-25,27H,6-7,10H2,1H3;1H/t12-,17-;/m1./s1. The number of phenols is 2. The number of halogens is 2. The third kappa shape index (κ3) is 3.81. The minimum atomic E-state index is -0.744. The van der Waals surface area contributed by atoms with Gasteiger partial charge < -0.3 is 24.6 Å². The summed E-state index contributed by atoms with van der Waals surface area (Å²) in [4.78, 5) is 14.8. The fourth-order valence-electron chi connectivity index (χ4n) is 3.90. The molecule has 2 heterocycles. The lowest BCUT2D eigenvalue weighted by molar-refractivity contribution is 0.0630. The maximum absolute atomic E-state index is 12.8. The van der Waals surface area contributed by atoms with Gasteiger partial charge in [0.25, 0.3) is 0 Å².